The Bertz CT molecular complexity index is 951. The molecule has 1 aromatic heterocycles. The van der Waals surface area contributed by atoms with Gasteiger partial charge in [0.05, 0.1) is 16.8 Å². The number of non-ortho nitro benzene ring substituents is 1. The summed E-state index contributed by atoms with van der Waals surface area (Å²) in [6.45, 7) is 3.05. The maximum atomic E-state index is 13.2. The van der Waals surface area contributed by atoms with Crippen LogP contribution in [0.1, 0.15) is 17.0 Å². The summed E-state index contributed by atoms with van der Waals surface area (Å²) >= 11 is 0. The monoisotopic (exact) mass is 426 g/mol. The van der Waals surface area contributed by atoms with Crippen LogP contribution in [0.4, 0.5) is 36.4 Å². The second kappa shape index (κ2) is 7.37. The summed E-state index contributed by atoms with van der Waals surface area (Å²) in [5.41, 5.74) is 1.63. The maximum Gasteiger partial charge on any atom is 0.462 e. The van der Waals surface area contributed by atoms with Crippen LogP contribution < -0.4 is 5.43 Å². The first-order valence-electron chi connectivity index (χ1n) is 7.75. The molecule has 0 saturated carbocycles. The molecule has 1 N–H and O–H groups in total. The van der Waals surface area contributed by atoms with Crippen LogP contribution in [-0.2, 0) is 0 Å². The number of hydrogen-bond acceptors (Lipinski definition) is 4. The van der Waals surface area contributed by atoms with E-state index in [4.69, 9.17) is 0 Å². The molecule has 0 spiro atoms. The van der Waals surface area contributed by atoms with Crippen molar-refractivity contribution < 1.29 is 35.7 Å². The summed E-state index contributed by atoms with van der Waals surface area (Å²) in [6, 6.07) is 1.17. The average molecular weight is 426 g/mol. The van der Waals surface area contributed by atoms with Crippen LogP contribution >= 0.6 is 0 Å². The molecule has 29 heavy (non-hydrogen) atoms. The highest BCUT2D eigenvalue weighted by atomic mass is 19.4. The van der Waals surface area contributed by atoms with Gasteiger partial charge in [-0.05, 0) is 26.0 Å². The van der Waals surface area contributed by atoms with Crippen LogP contribution in [0.5, 0.6) is 0 Å². The molecular formula is C16H13F7N4O2. The molecule has 1 aromatic carbocycles. The molecule has 0 fully saturated rings. The van der Waals surface area contributed by atoms with Crippen molar-refractivity contribution in [1.29, 1.82) is 0 Å². The average Bonchev–Trinajstić information content (AvgIpc) is 2.87. The highest BCUT2D eigenvalue weighted by molar-refractivity contribution is 5.82. The van der Waals surface area contributed by atoms with Gasteiger partial charge in [0.1, 0.15) is 0 Å². The predicted molar refractivity (Wildman–Crippen MR) is 88.6 cm³/mol. The van der Waals surface area contributed by atoms with Gasteiger partial charge in [-0.2, -0.15) is 35.8 Å². The normalized spacial score (nSPS) is 13.1. The smallest absolute Gasteiger partial charge is 0.318 e. The lowest BCUT2D eigenvalue weighted by molar-refractivity contribution is -0.384. The van der Waals surface area contributed by atoms with Gasteiger partial charge in [0, 0.05) is 29.1 Å². The van der Waals surface area contributed by atoms with Crippen molar-refractivity contribution in [3.8, 4) is 5.69 Å². The number of hydrazone groups is 1. The van der Waals surface area contributed by atoms with Gasteiger partial charge in [-0.25, -0.2) is 5.43 Å². The summed E-state index contributed by atoms with van der Waals surface area (Å²) in [7, 11) is 0. The van der Waals surface area contributed by atoms with Crippen LogP contribution in [0.25, 0.3) is 5.69 Å². The first kappa shape index (κ1) is 22.2. The number of nitrogens with one attached hydrogen (secondary N) is 1. The van der Waals surface area contributed by atoms with E-state index >= 15 is 0 Å². The van der Waals surface area contributed by atoms with Gasteiger partial charge >= 0.3 is 18.1 Å². The number of aryl methyl sites for hydroxylation is 1. The fourth-order valence-electron chi connectivity index (χ4n) is 2.49. The van der Waals surface area contributed by atoms with Crippen molar-refractivity contribution in [2.75, 3.05) is 0 Å². The predicted octanol–water partition coefficient (Wildman–Crippen LogP) is 4.72. The Hall–Kier alpha value is -3.12. The topological polar surface area (TPSA) is 72.5 Å². The van der Waals surface area contributed by atoms with Crippen molar-refractivity contribution in [3.63, 3.8) is 0 Å². The molecule has 6 nitrogen and oxygen atoms in total. The lowest BCUT2D eigenvalue weighted by Gasteiger charge is -2.27. The zero-order valence-corrected chi connectivity index (χ0v) is 14.8. The largest absolute Gasteiger partial charge is 0.462 e. The van der Waals surface area contributed by atoms with E-state index in [2.05, 4.69) is 5.10 Å². The Kier molecular flexibility index (Phi) is 5.63. The third kappa shape index (κ3) is 4.17. The molecule has 0 bridgehead atoms. The molecule has 0 atom stereocenters. The first-order valence-corrected chi connectivity index (χ1v) is 7.75. The van der Waals surface area contributed by atoms with E-state index in [-0.39, 0.29) is 11.3 Å². The van der Waals surface area contributed by atoms with Crippen molar-refractivity contribution in [2.45, 2.75) is 32.0 Å². The number of nitrogens with zero attached hydrogens (tertiary/aromatic N) is 3. The molecule has 1 heterocycles. The minimum atomic E-state index is -6.48. The molecule has 13 heteroatoms. The number of nitro groups is 1. The van der Waals surface area contributed by atoms with E-state index in [1.807, 2.05) is 0 Å². The van der Waals surface area contributed by atoms with Crippen LogP contribution in [-0.4, -0.2) is 33.9 Å². The lowest BCUT2D eigenvalue weighted by Crippen LogP contribution is -2.58. The number of nitro benzene ring substituents is 1. The highest BCUT2D eigenvalue weighted by Crippen LogP contribution is 2.45. The second-order valence-corrected chi connectivity index (χ2v) is 5.96. The molecule has 0 aliphatic carbocycles. The van der Waals surface area contributed by atoms with Crippen molar-refractivity contribution in [1.82, 2.24) is 9.99 Å². The number of hydrogen-bond donors (Lipinski definition) is 1. The lowest BCUT2D eigenvalue weighted by atomic mass is 10.2. The highest BCUT2D eigenvalue weighted by Gasteiger charge is 2.73. The molecule has 2 aromatic rings. The van der Waals surface area contributed by atoms with Crippen molar-refractivity contribution >= 4 is 11.9 Å². The summed E-state index contributed by atoms with van der Waals surface area (Å²) in [5.74, 6) is -6.34. The Morgan fingerprint density at radius 2 is 1.72 bits per heavy atom. The van der Waals surface area contributed by atoms with E-state index in [9.17, 15) is 40.8 Å². The SMILES string of the molecule is Cc1cc(/C=N/NC(F)(F)C(F)(F)C(F)(F)F)c(C)n1-c1cccc([N+](=O)[O-])c1. The van der Waals surface area contributed by atoms with Gasteiger partial charge in [0.25, 0.3) is 5.69 Å². The Labute approximate surface area is 158 Å². The van der Waals surface area contributed by atoms with Crippen molar-refractivity contribution in [3.05, 3.63) is 57.4 Å². The third-order valence-corrected chi connectivity index (χ3v) is 3.93. The van der Waals surface area contributed by atoms with Gasteiger partial charge in [0.15, 0.2) is 0 Å². The Balaban J connectivity index is 2.32. The number of benzene rings is 1. The fourth-order valence-corrected chi connectivity index (χ4v) is 2.49. The van der Waals surface area contributed by atoms with E-state index < -0.39 is 23.1 Å². The summed E-state index contributed by atoms with van der Waals surface area (Å²) in [6.07, 6.45) is -5.83. The van der Waals surface area contributed by atoms with E-state index in [1.165, 1.54) is 41.8 Å². The molecular weight excluding hydrogens is 413 g/mol. The van der Waals surface area contributed by atoms with Crippen LogP contribution in [0.2, 0.25) is 0 Å². The first-order chi connectivity index (χ1) is 13.2. The molecule has 2 rings (SSSR count). The van der Waals surface area contributed by atoms with E-state index in [0.29, 0.717) is 28.7 Å². The molecule has 158 valence electrons. The third-order valence-electron chi connectivity index (χ3n) is 3.93. The van der Waals surface area contributed by atoms with Crippen LogP contribution in [0.3, 0.4) is 0 Å². The Morgan fingerprint density at radius 1 is 1.10 bits per heavy atom. The van der Waals surface area contributed by atoms with Crippen LogP contribution in [0, 0.1) is 24.0 Å². The fraction of sp³-hybridized carbons (Fsp3) is 0.312. The number of aromatic nitrogens is 1. The summed E-state index contributed by atoms with van der Waals surface area (Å²) in [5, 5.41) is 13.7. The number of rotatable bonds is 6. The maximum absolute atomic E-state index is 13.2. The quantitative estimate of drug-likeness (QED) is 0.239. The van der Waals surface area contributed by atoms with E-state index in [1.54, 1.807) is 6.92 Å². The van der Waals surface area contributed by atoms with E-state index in [0.717, 1.165) is 0 Å². The second-order valence-electron chi connectivity index (χ2n) is 5.96. The molecule has 0 aliphatic heterocycles. The molecule has 0 unspecified atom stereocenters. The molecule has 0 amide bonds. The zero-order valence-electron chi connectivity index (χ0n) is 14.8. The van der Waals surface area contributed by atoms with Gasteiger partial charge in [-0.3, -0.25) is 10.1 Å². The zero-order chi connectivity index (χ0) is 22.2. The molecule has 0 aliphatic rings. The van der Waals surface area contributed by atoms with Gasteiger partial charge in [-0.1, -0.05) is 6.07 Å². The number of alkyl halides is 7. The molecule has 0 radical (unpaired) electrons. The van der Waals surface area contributed by atoms with Gasteiger partial charge in [0.2, 0.25) is 0 Å². The standard InChI is InChI=1S/C16H13F7N4O2/c1-9-6-11(8-24-25-16(22,23)14(17,18)15(19,20)21)10(2)26(9)12-4-3-5-13(7-12)27(28)29/h3-8,25H,1-2H3/b24-8+. The summed E-state index contributed by atoms with van der Waals surface area (Å²) in [4.78, 5) is 10.3. The van der Waals surface area contributed by atoms with Crippen molar-refractivity contribution in [2.24, 2.45) is 5.10 Å². The van der Waals surface area contributed by atoms with Gasteiger partial charge < -0.3 is 4.57 Å². The number of halogens is 7. The molecule has 0 saturated heterocycles. The Morgan fingerprint density at radius 3 is 2.28 bits per heavy atom. The van der Waals surface area contributed by atoms with Gasteiger partial charge in [-0.15, -0.1) is 0 Å². The summed E-state index contributed by atoms with van der Waals surface area (Å²) < 4.78 is 89.9. The van der Waals surface area contributed by atoms with Crippen LogP contribution in [0.15, 0.2) is 35.4 Å². The minimum Gasteiger partial charge on any atom is -0.318 e. The minimum absolute atomic E-state index is 0.118.